The van der Waals surface area contributed by atoms with Crippen molar-refractivity contribution in [2.24, 2.45) is 35.0 Å². The number of hydrogen-bond donors (Lipinski definition) is 0. The molecule has 0 bridgehead atoms. The van der Waals surface area contributed by atoms with Crippen LogP contribution in [-0.2, 0) is 11.3 Å². The van der Waals surface area contributed by atoms with Gasteiger partial charge < -0.3 is 0 Å². The van der Waals surface area contributed by atoms with Gasteiger partial charge in [-0.2, -0.15) is 10.4 Å². The summed E-state index contributed by atoms with van der Waals surface area (Å²) in [5.41, 5.74) is 0.579. The monoisotopic (exact) mass is 437 g/mol. The van der Waals surface area contributed by atoms with Gasteiger partial charge in [-0.1, -0.05) is 19.8 Å². The van der Waals surface area contributed by atoms with E-state index in [1.165, 1.54) is 6.42 Å². The van der Waals surface area contributed by atoms with Gasteiger partial charge in [0.2, 0.25) is 0 Å². The van der Waals surface area contributed by atoms with Crippen molar-refractivity contribution < 1.29 is 9.18 Å². The molecule has 0 amide bonds. The number of aromatic nitrogens is 2. The Labute approximate surface area is 190 Å². The molecule has 1 aromatic heterocycles. The van der Waals surface area contributed by atoms with Crippen LogP contribution in [0.1, 0.15) is 101 Å². The molecule has 1 aromatic rings. The summed E-state index contributed by atoms with van der Waals surface area (Å²) in [6.07, 6.45) is 14.3. The predicted molar refractivity (Wildman–Crippen MR) is 119 cm³/mol. The summed E-state index contributed by atoms with van der Waals surface area (Å²) in [6, 6.07) is 2.26. The number of nitriles is 1. The second kappa shape index (κ2) is 7.40. The Morgan fingerprint density at radius 3 is 2.75 bits per heavy atom. The van der Waals surface area contributed by atoms with E-state index in [0.717, 1.165) is 76.3 Å². The minimum atomic E-state index is -0.938. The summed E-state index contributed by atoms with van der Waals surface area (Å²) in [6.45, 7) is 2.61. The van der Waals surface area contributed by atoms with E-state index in [0.29, 0.717) is 23.3 Å². The van der Waals surface area contributed by atoms with Crippen molar-refractivity contribution in [1.29, 1.82) is 5.26 Å². The zero-order valence-electron chi connectivity index (χ0n) is 19.4. The number of halogens is 1. The Morgan fingerprint density at radius 1 is 1.12 bits per heavy atom. The molecule has 32 heavy (non-hydrogen) atoms. The van der Waals surface area contributed by atoms with Crippen molar-refractivity contribution >= 4 is 5.78 Å². The first-order chi connectivity index (χ1) is 15.4. The number of alkyl halides is 1. The molecular formula is C27H36FN3O. The molecule has 2 unspecified atom stereocenters. The van der Waals surface area contributed by atoms with E-state index in [4.69, 9.17) is 0 Å². The van der Waals surface area contributed by atoms with E-state index >= 15 is 4.39 Å². The largest absolute Gasteiger partial charge is 0.297 e. The minimum Gasteiger partial charge on any atom is -0.297 e. The highest BCUT2D eigenvalue weighted by molar-refractivity contribution is 5.82. The van der Waals surface area contributed by atoms with E-state index in [1.807, 2.05) is 0 Å². The SMILES string of the molecule is C[C@]12CCC3[C@@H](CC[C@@H]4CCCC[C@]34F)C1CC[C@@H]2C(=O)Cn1cc(C#N)c(C2CC2)n1. The zero-order chi connectivity index (χ0) is 22.1. The van der Waals surface area contributed by atoms with Crippen LogP contribution in [0.2, 0.25) is 0 Å². The van der Waals surface area contributed by atoms with Crippen LogP contribution in [0, 0.1) is 46.3 Å². The summed E-state index contributed by atoms with van der Waals surface area (Å²) in [5.74, 6) is 2.18. The van der Waals surface area contributed by atoms with Gasteiger partial charge in [-0.25, -0.2) is 4.39 Å². The van der Waals surface area contributed by atoms with Crippen LogP contribution in [0.15, 0.2) is 6.20 Å². The van der Waals surface area contributed by atoms with Gasteiger partial charge in [0.1, 0.15) is 11.7 Å². The summed E-state index contributed by atoms with van der Waals surface area (Å²) in [7, 11) is 0. The van der Waals surface area contributed by atoms with Crippen molar-refractivity contribution in [1.82, 2.24) is 9.78 Å². The third kappa shape index (κ3) is 3.04. The molecule has 0 spiro atoms. The second-order valence-electron chi connectivity index (χ2n) is 12.0. The van der Waals surface area contributed by atoms with Crippen molar-refractivity contribution in [3.05, 3.63) is 17.5 Å². The molecule has 0 aromatic carbocycles. The molecule has 0 radical (unpaired) electrons. The fraction of sp³-hybridized carbons (Fsp3) is 0.815. The number of nitrogens with zero attached hydrogens (tertiary/aromatic N) is 3. The average molecular weight is 438 g/mol. The van der Waals surface area contributed by atoms with Gasteiger partial charge in [-0.05, 0) is 93.3 Å². The van der Waals surface area contributed by atoms with Gasteiger partial charge in [-0.15, -0.1) is 0 Å². The van der Waals surface area contributed by atoms with Gasteiger partial charge in [0.05, 0.1) is 17.8 Å². The third-order valence-electron chi connectivity index (χ3n) is 10.5. The van der Waals surface area contributed by atoms with Crippen LogP contribution in [-0.4, -0.2) is 21.2 Å². The number of ketones is 1. The molecule has 5 aliphatic carbocycles. The summed E-state index contributed by atoms with van der Waals surface area (Å²) < 4.78 is 18.0. The van der Waals surface area contributed by atoms with Crippen molar-refractivity contribution in [2.45, 2.75) is 102 Å². The summed E-state index contributed by atoms with van der Waals surface area (Å²) in [4.78, 5) is 13.5. The lowest BCUT2D eigenvalue weighted by atomic mass is 9.48. The number of fused-ring (bicyclic) bond motifs is 5. The average Bonchev–Trinajstić information content (AvgIpc) is 3.44. The first kappa shape index (κ1) is 20.9. The van der Waals surface area contributed by atoms with Crippen molar-refractivity contribution in [3.8, 4) is 6.07 Å². The molecule has 0 N–H and O–H groups in total. The fourth-order valence-corrected chi connectivity index (χ4v) is 8.84. The predicted octanol–water partition coefficient (Wildman–Crippen LogP) is 5.95. The normalized spacial score (nSPS) is 43.1. The molecule has 5 heteroatoms. The standard InChI is InChI=1S/C27H36FN3O/c1-26-13-11-22-20(8-7-19-4-2-3-12-27(19,22)28)21(26)9-10-23(26)24(32)16-31-15-18(14-29)25(30-31)17-5-6-17/h15,17,19-23H,2-13,16H2,1H3/t19-,20-,21?,22?,23+,26-,27+/m0/s1. The molecular weight excluding hydrogens is 401 g/mol. The molecule has 0 aliphatic heterocycles. The highest BCUT2D eigenvalue weighted by Gasteiger charge is 2.62. The Morgan fingerprint density at radius 2 is 1.97 bits per heavy atom. The van der Waals surface area contributed by atoms with Gasteiger partial charge in [-0.3, -0.25) is 9.48 Å². The van der Waals surface area contributed by atoms with Crippen LogP contribution in [0.5, 0.6) is 0 Å². The molecule has 5 fully saturated rings. The number of carbonyl (C=O) groups excluding carboxylic acids is 1. The first-order valence-corrected chi connectivity index (χ1v) is 13.1. The number of hydrogen-bond acceptors (Lipinski definition) is 3. The Balaban J connectivity index is 1.20. The van der Waals surface area contributed by atoms with E-state index in [2.05, 4.69) is 18.1 Å². The molecule has 1 heterocycles. The van der Waals surface area contributed by atoms with Crippen molar-refractivity contribution in [3.63, 3.8) is 0 Å². The minimum absolute atomic E-state index is 0.000642. The molecule has 172 valence electrons. The van der Waals surface area contributed by atoms with Crippen LogP contribution in [0.3, 0.4) is 0 Å². The molecule has 5 saturated carbocycles. The van der Waals surface area contributed by atoms with E-state index < -0.39 is 5.67 Å². The van der Waals surface area contributed by atoms with Gasteiger partial charge in [0.25, 0.3) is 0 Å². The van der Waals surface area contributed by atoms with Gasteiger partial charge >= 0.3 is 0 Å². The molecule has 5 aliphatic rings. The molecule has 0 saturated heterocycles. The lowest BCUT2D eigenvalue weighted by Gasteiger charge is -2.58. The summed E-state index contributed by atoms with van der Waals surface area (Å²) >= 11 is 0. The van der Waals surface area contributed by atoms with E-state index in [-0.39, 0.29) is 35.5 Å². The Hall–Kier alpha value is -1.70. The zero-order valence-corrected chi connectivity index (χ0v) is 19.4. The van der Waals surface area contributed by atoms with E-state index in [9.17, 15) is 10.1 Å². The second-order valence-corrected chi connectivity index (χ2v) is 12.0. The fourth-order valence-electron chi connectivity index (χ4n) is 8.84. The molecule has 6 rings (SSSR count). The van der Waals surface area contributed by atoms with Crippen molar-refractivity contribution in [2.75, 3.05) is 0 Å². The highest BCUT2D eigenvalue weighted by atomic mass is 19.1. The molecule has 7 atom stereocenters. The number of Topliss-reactive ketones (excluding diaryl/α,β-unsaturated/α-hetero) is 1. The number of carbonyl (C=O) groups is 1. The van der Waals surface area contributed by atoms with Crippen LogP contribution in [0.25, 0.3) is 0 Å². The van der Waals surface area contributed by atoms with Gasteiger partial charge in [0, 0.05) is 18.0 Å². The lowest BCUT2D eigenvalue weighted by molar-refractivity contribution is -0.143. The maximum Gasteiger partial charge on any atom is 0.157 e. The highest BCUT2D eigenvalue weighted by Crippen LogP contribution is 2.66. The van der Waals surface area contributed by atoms with E-state index in [1.54, 1.807) is 10.9 Å². The quantitative estimate of drug-likeness (QED) is 0.585. The third-order valence-corrected chi connectivity index (χ3v) is 10.5. The topological polar surface area (TPSA) is 58.7 Å². The molecule has 4 nitrogen and oxygen atoms in total. The first-order valence-electron chi connectivity index (χ1n) is 13.1. The maximum atomic E-state index is 16.3. The number of rotatable bonds is 4. The smallest absolute Gasteiger partial charge is 0.157 e. The lowest BCUT2D eigenvalue weighted by Crippen LogP contribution is -2.56. The van der Waals surface area contributed by atoms with Crippen LogP contribution in [0.4, 0.5) is 4.39 Å². The van der Waals surface area contributed by atoms with Crippen LogP contribution >= 0.6 is 0 Å². The Bertz CT molecular complexity index is 961. The Kier molecular flexibility index (Phi) is 4.83. The van der Waals surface area contributed by atoms with Gasteiger partial charge in [0.15, 0.2) is 5.78 Å². The summed E-state index contributed by atoms with van der Waals surface area (Å²) in [5, 5.41) is 14.1. The van der Waals surface area contributed by atoms with Crippen LogP contribution < -0.4 is 0 Å². The maximum absolute atomic E-state index is 16.3.